The summed E-state index contributed by atoms with van der Waals surface area (Å²) in [5.41, 5.74) is 1.08. The average molecular weight is 235 g/mol. The minimum Gasteiger partial charge on any atom is -0.314 e. The molecular formula is C15H22FN. The van der Waals surface area contributed by atoms with Gasteiger partial charge in [-0.25, -0.2) is 4.39 Å². The molecule has 1 N–H and O–H groups in total. The molecule has 1 aliphatic rings. The van der Waals surface area contributed by atoms with E-state index in [9.17, 15) is 4.39 Å². The topological polar surface area (TPSA) is 12.0 Å². The Morgan fingerprint density at radius 2 is 2.24 bits per heavy atom. The van der Waals surface area contributed by atoms with Crippen LogP contribution in [0, 0.1) is 11.7 Å². The lowest BCUT2D eigenvalue weighted by Crippen LogP contribution is -2.29. The van der Waals surface area contributed by atoms with Gasteiger partial charge in [0.1, 0.15) is 5.82 Å². The third-order valence-electron chi connectivity index (χ3n) is 3.41. The van der Waals surface area contributed by atoms with Gasteiger partial charge in [0.15, 0.2) is 0 Å². The van der Waals surface area contributed by atoms with Crippen LogP contribution in [0.5, 0.6) is 0 Å². The van der Waals surface area contributed by atoms with Crippen LogP contribution in [-0.4, -0.2) is 12.6 Å². The Morgan fingerprint density at radius 3 is 2.94 bits per heavy atom. The highest BCUT2D eigenvalue weighted by molar-refractivity contribution is 5.17. The number of halogens is 1. The van der Waals surface area contributed by atoms with Crippen LogP contribution in [0.1, 0.15) is 38.2 Å². The molecule has 0 saturated heterocycles. The maximum Gasteiger partial charge on any atom is 0.123 e. The van der Waals surface area contributed by atoms with Crippen LogP contribution in [0.25, 0.3) is 0 Å². The summed E-state index contributed by atoms with van der Waals surface area (Å²) in [6.45, 7) is 3.26. The molecule has 1 unspecified atom stereocenters. The van der Waals surface area contributed by atoms with Crippen LogP contribution >= 0.6 is 0 Å². The van der Waals surface area contributed by atoms with Crippen LogP contribution in [0.3, 0.4) is 0 Å². The van der Waals surface area contributed by atoms with E-state index in [0.717, 1.165) is 24.4 Å². The zero-order chi connectivity index (χ0) is 12.1. The maximum absolute atomic E-state index is 13.0. The molecule has 1 nitrogen and oxygen atoms in total. The Kier molecular flexibility index (Phi) is 4.55. The van der Waals surface area contributed by atoms with Crippen LogP contribution in [-0.2, 0) is 6.42 Å². The molecule has 0 aromatic heterocycles. The summed E-state index contributed by atoms with van der Waals surface area (Å²) in [7, 11) is 0. The van der Waals surface area contributed by atoms with Gasteiger partial charge in [-0.05, 0) is 56.3 Å². The van der Waals surface area contributed by atoms with Crippen LogP contribution in [0.15, 0.2) is 24.3 Å². The van der Waals surface area contributed by atoms with E-state index in [4.69, 9.17) is 0 Å². The highest BCUT2D eigenvalue weighted by Gasteiger charge is 2.19. The standard InChI is InChI=1S/C15H22FN/c1-12(17-9-3-5-13-7-8-13)10-14-4-2-6-15(16)11-14/h2,4,6,11-13,17H,3,5,7-10H2,1H3. The van der Waals surface area contributed by atoms with Gasteiger partial charge in [0.2, 0.25) is 0 Å². The molecule has 1 aliphatic carbocycles. The van der Waals surface area contributed by atoms with Gasteiger partial charge < -0.3 is 5.32 Å². The van der Waals surface area contributed by atoms with E-state index in [-0.39, 0.29) is 5.82 Å². The lowest BCUT2D eigenvalue weighted by atomic mass is 10.1. The van der Waals surface area contributed by atoms with Gasteiger partial charge in [0.25, 0.3) is 0 Å². The molecule has 0 amide bonds. The minimum absolute atomic E-state index is 0.136. The zero-order valence-corrected chi connectivity index (χ0v) is 10.6. The van der Waals surface area contributed by atoms with Gasteiger partial charge in [-0.1, -0.05) is 25.0 Å². The molecule has 2 rings (SSSR count). The number of rotatable bonds is 7. The van der Waals surface area contributed by atoms with Crippen LogP contribution in [0.2, 0.25) is 0 Å². The quantitative estimate of drug-likeness (QED) is 0.713. The fourth-order valence-electron chi connectivity index (χ4n) is 2.24. The maximum atomic E-state index is 13.0. The molecule has 0 bridgehead atoms. The summed E-state index contributed by atoms with van der Waals surface area (Å²) in [6, 6.07) is 7.33. The second kappa shape index (κ2) is 6.15. The van der Waals surface area contributed by atoms with Crippen molar-refractivity contribution in [2.75, 3.05) is 6.54 Å². The largest absolute Gasteiger partial charge is 0.314 e. The molecule has 1 aromatic rings. The number of hydrogen-bond acceptors (Lipinski definition) is 1. The van der Waals surface area contributed by atoms with E-state index in [0.29, 0.717) is 6.04 Å². The predicted octanol–water partition coefficient (Wildman–Crippen LogP) is 3.54. The van der Waals surface area contributed by atoms with E-state index >= 15 is 0 Å². The fraction of sp³-hybridized carbons (Fsp3) is 0.600. The summed E-state index contributed by atoms with van der Waals surface area (Å²) in [5.74, 6) is 0.888. The Labute approximate surface area is 103 Å². The summed E-state index contributed by atoms with van der Waals surface area (Å²) in [6.07, 6.45) is 6.44. The Balaban J connectivity index is 1.63. The van der Waals surface area contributed by atoms with Gasteiger partial charge in [0, 0.05) is 6.04 Å². The first-order valence-electron chi connectivity index (χ1n) is 6.72. The van der Waals surface area contributed by atoms with Crippen molar-refractivity contribution in [3.63, 3.8) is 0 Å². The van der Waals surface area contributed by atoms with Gasteiger partial charge in [0.05, 0.1) is 0 Å². The van der Waals surface area contributed by atoms with Crippen molar-refractivity contribution in [2.45, 2.75) is 45.1 Å². The SMILES string of the molecule is CC(Cc1cccc(F)c1)NCCCC1CC1. The van der Waals surface area contributed by atoms with Crippen molar-refractivity contribution >= 4 is 0 Å². The molecule has 94 valence electrons. The molecule has 1 saturated carbocycles. The highest BCUT2D eigenvalue weighted by Crippen LogP contribution is 2.33. The minimum atomic E-state index is -0.136. The zero-order valence-electron chi connectivity index (χ0n) is 10.6. The van der Waals surface area contributed by atoms with Crippen LogP contribution < -0.4 is 5.32 Å². The van der Waals surface area contributed by atoms with Crippen LogP contribution in [0.4, 0.5) is 4.39 Å². The third-order valence-corrected chi connectivity index (χ3v) is 3.41. The molecule has 1 fully saturated rings. The summed E-state index contributed by atoms with van der Waals surface area (Å²) in [5, 5.41) is 3.51. The summed E-state index contributed by atoms with van der Waals surface area (Å²) >= 11 is 0. The molecule has 17 heavy (non-hydrogen) atoms. The smallest absolute Gasteiger partial charge is 0.123 e. The molecular weight excluding hydrogens is 213 g/mol. The highest BCUT2D eigenvalue weighted by atomic mass is 19.1. The number of hydrogen-bond donors (Lipinski definition) is 1. The first-order chi connectivity index (χ1) is 8.24. The van der Waals surface area contributed by atoms with Crippen molar-refractivity contribution in [2.24, 2.45) is 5.92 Å². The van der Waals surface area contributed by atoms with Gasteiger partial charge in [-0.3, -0.25) is 0 Å². The molecule has 1 atom stereocenters. The van der Waals surface area contributed by atoms with Gasteiger partial charge in [-0.15, -0.1) is 0 Å². The number of benzene rings is 1. The van der Waals surface area contributed by atoms with Crippen molar-refractivity contribution < 1.29 is 4.39 Å². The molecule has 0 radical (unpaired) electrons. The van der Waals surface area contributed by atoms with Gasteiger partial charge in [-0.2, -0.15) is 0 Å². The first-order valence-corrected chi connectivity index (χ1v) is 6.72. The van der Waals surface area contributed by atoms with Gasteiger partial charge >= 0.3 is 0 Å². The normalized spacial score (nSPS) is 17.1. The summed E-state index contributed by atoms with van der Waals surface area (Å²) < 4.78 is 13.0. The monoisotopic (exact) mass is 235 g/mol. The molecule has 0 aliphatic heterocycles. The van der Waals surface area contributed by atoms with Crippen molar-refractivity contribution in [3.05, 3.63) is 35.6 Å². The van der Waals surface area contributed by atoms with Crippen molar-refractivity contribution in [1.29, 1.82) is 0 Å². The Hall–Kier alpha value is -0.890. The predicted molar refractivity (Wildman–Crippen MR) is 69.5 cm³/mol. The molecule has 0 heterocycles. The fourth-order valence-corrected chi connectivity index (χ4v) is 2.24. The van der Waals surface area contributed by atoms with E-state index in [1.165, 1.54) is 31.7 Å². The molecule has 0 spiro atoms. The third kappa shape index (κ3) is 4.86. The lowest BCUT2D eigenvalue weighted by Gasteiger charge is -2.13. The van der Waals surface area contributed by atoms with Crippen molar-refractivity contribution in [1.82, 2.24) is 5.32 Å². The number of nitrogens with one attached hydrogen (secondary N) is 1. The van der Waals surface area contributed by atoms with E-state index in [2.05, 4.69) is 12.2 Å². The average Bonchev–Trinajstić information content (AvgIpc) is 3.08. The Morgan fingerprint density at radius 1 is 1.41 bits per heavy atom. The molecule has 1 aromatic carbocycles. The Bertz CT molecular complexity index is 347. The van der Waals surface area contributed by atoms with Crippen molar-refractivity contribution in [3.8, 4) is 0 Å². The summed E-state index contributed by atoms with van der Waals surface area (Å²) in [4.78, 5) is 0. The second-order valence-corrected chi connectivity index (χ2v) is 5.27. The second-order valence-electron chi connectivity index (χ2n) is 5.27. The molecule has 2 heteroatoms. The van der Waals surface area contributed by atoms with E-state index in [1.54, 1.807) is 12.1 Å². The van der Waals surface area contributed by atoms with E-state index in [1.807, 2.05) is 6.07 Å². The van der Waals surface area contributed by atoms with E-state index < -0.39 is 0 Å². The first kappa shape index (κ1) is 12.6. The lowest BCUT2D eigenvalue weighted by molar-refractivity contribution is 0.514.